The number of hydrogen-bond acceptors (Lipinski definition) is 3. The van der Waals surface area contributed by atoms with Gasteiger partial charge < -0.3 is 9.67 Å². The molecule has 0 aromatic carbocycles. The standard InChI is InChI=1S/C10H8N2O2/c1-6-2-7-3-8(13)5-12(7)10(14)9(6)4-11/h2-3,13H,5H2,1H3. The lowest BCUT2D eigenvalue weighted by Crippen LogP contribution is -2.23. The van der Waals surface area contributed by atoms with Crippen LogP contribution in [0.4, 0.5) is 0 Å². The molecule has 2 rings (SSSR count). The fourth-order valence-corrected chi connectivity index (χ4v) is 1.59. The van der Waals surface area contributed by atoms with E-state index >= 15 is 0 Å². The molecule has 1 aromatic rings. The molecular weight excluding hydrogens is 180 g/mol. The van der Waals surface area contributed by atoms with Gasteiger partial charge in [-0.25, -0.2) is 0 Å². The van der Waals surface area contributed by atoms with Gasteiger partial charge in [-0.3, -0.25) is 4.79 Å². The zero-order valence-corrected chi connectivity index (χ0v) is 7.61. The first kappa shape index (κ1) is 8.57. The SMILES string of the molecule is Cc1cc2n(c(=O)c1C#N)CC(O)=C2. The van der Waals surface area contributed by atoms with Gasteiger partial charge in [0.15, 0.2) is 0 Å². The number of aromatic nitrogens is 1. The van der Waals surface area contributed by atoms with Crippen molar-refractivity contribution >= 4 is 6.08 Å². The molecule has 2 heterocycles. The molecule has 0 saturated heterocycles. The van der Waals surface area contributed by atoms with E-state index in [0.717, 1.165) is 0 Å². The number of rotatable bonds is 0. The van der Waals surface area contributed by atoms with E-state index in [-0.39, 0.29) is 23.4 Å². The Balaban J connectivity index is 2.77. The molecule has 1 aromatic heterocycles. The fraction of sp³-hybridized carbons (Fsp3) is 0.200. The lowest BCUT2D eigenvalue weighted by molar-refractivity contribution is 0.387. The summed E-state index contributed by atoms with van der Waals surface area (Å²) in [5, 5.41) is 18.0. The van der Waals surface area contributed by atoms with Crippen LogP contribution in [0, 0.1) is 18.3 Å². The number of aryl methyl sites for hydroxylation is 1. The zero-order chi connectivity index (χ0) is 10.3. The summed E-state index contributed by atoms with van der Waals surface area (Å²) in [5.74, 6) is 0.150. The topological polar surface area (TPSA) is 66.0 Å². The molecule has 0 bridgehead atoms. The predicted octanol–water partition coefficient (Wildman–Crippen LogP) is 0.941. The molecule has 1 aliphatic heterocycles. The summed E-state index contributed by atoms with van der Waals surface area (Å²) >= 11 is 0. The molecular formula is C10H8N2O2. The second-order valence-electron chi connectivity index (χ2n) is 3.27. The molecule has 0 atom stereocenters. The van der Waals surface area contributed by atoms with E-state index in [1.807, 2.05) is 6.07 Å². The number of nitrogens with zero attached hydrogens (tertiary/aromatic N) is 2. The molecule has 0 fully saturated rings. The Hall–Kier alpha value is -2.02. The molecule has 0 unspecified atom stereocenters. The third-order valence-electron chi connectivity index (χ3n) is 2.28. The largest absolute Gasteiger partial charge is 0.510 e. The molecule has 4 nitrogen and oxygen atoms in total. The maximum atomic E-state index is 11.7. The molecule has 14 heavy (non-hydrogen) atoms. The van der Waals surface area contributed by atoms with Gasteiger partial charge >= 0.3 is 0 Å². The van der Waals surface area contributed by atoms with Crippen LogP contribution in [0.1, 0.15) is 16.8 Å². The second kappa shape index (κ2) is 2.74. The van der Waals surface area contributed by atoms with Gasteiger partial charge in [-0.15, -0.1) is 0 Å². The van der Waals surface area contributed by atoms with E-state index in [1.165, 1.54) is 10.6 Å². The summed E-state index contributed by atoms with van der Waals surface area (Å²) < 4.78 is 1.39. The summed E-state index contributed by atoms with van der Waals surface area (Å²) in [6, 6.07) is 3.60. The molecule has 4 heteroatoms. The molecule has 0 spiro atoms. The van der Waals surface area contributed by atoms with Gasteiger partial charge in [0, 0.05) is 11.8 Å². The van der Waals surface area contributed by atoms with Crippen LogP contribution in [0.5, 0.6) is 0 Å². The number of hydrogen-bond donors (Lipinski definition) is 1. The maximum absolute atomic E-state index is 11.7. The van der Waals surface area contributed by atoms with Crippen molar-refractivity contribution in [3.8, 4) is 6.07 Å². The van der Waals surface area contributed by atoms with Crippen molar-refractivity contribution in [1.82, 2.24) is 4.57 Å². The van der Waals surface area contributed by atoms with Crippen molar-refractivity contribution in [2.24, 2.45) is 0 Å². The minimum Gasteiger partial charge on any atom is -0.510 e. The predicted molar refractivity (Wildman–Crippen MR) is 50.8 cm³/mol. The van der Waals surface area contributed by atoms with Gasteiger partial charge in [-0.1, -0.05) is 0 Å². The minimum atomic E-state index is -0.331. The molecule has 0 radical (unpaired) electrons. The second-order valence-corrected chi connectivity index (χ2v) is 3.27. The van der Waals surface area contributed by atoms with Crippen molar-refractivity contribution in [3.63, 3.8) is 0 Å². The lowest BCUT2D eigenvalue weighted by Gasteiger charge is -2.04. The third kappa shape index (κ3) is 1.03. The zero-order valence-electron chi connectivity index (χ0n) is 7.61. The highest BCUT2D eigenvalue weighted by atomic mass is 16.3. The van der Waals surface area contributed by atoms with Crippen LogP contribution < -0.4 is 5.56 Å². The molecule has 1 N–H and O–H groups in total. The Morgan fingerprint density at radius 1 is 1.64 bits per heavy atom. The summed E-state index contributed by atoms with van der Waals surface area (Å²) in [6.07, 6.45) is 1.54. The third-order valence-corrected chi connectivity index (χ3v) is 2.28. The van der Waals surface area contributed by atoms with Gasteiger partial charge in [-0.2, -0.15) is 5.26 Å². The van der Waals surface area contributed by atoms with E-state index in [9.17, 15) is 9.90 Å². The van der Waals surface area contributed by atoms with Crippen molar-refractivity contribution < 1.29 is 5.11 Å². The van der Waals surface area contributed by atoms with E-state index in [4.69, 9.17) is 5.26 Å². The average Bonchev–Trinajstić information content (AvgIpc) is 2.47. The number of fused-ring (bicyclic) bond motifs is 1. The summed E-state index contributed by atoms with van der Waals surface area (Å²) in [6.45, 7) is 1.88. The fourth-order valence-electron chi connectivity index (χ4n) is 1.59. The number of aliphatic hydroxyl groups is 1. The number of pyridine rings is 1. The van der Waals surface area contributed by atoms with Gasteiger partial charge in [0.1, 0.15) is 17.4 Å². The summed E-state index contributed by atoms with van der Waals surface area (Å²) in [5.41, 5.74) is 1.12. The Morgan fingerprint density at radius 3 is 3.00 bits per heavy atom. The Bertz CT molecular complexity index is 532. The van der Waals surface area contributed by atoms with Crippen molar-refractivity contribution in [2.45, 2.75) is 13.5 Å². The first-order chi connectivity index (χ1) is 6.63. The molecule has 0 aliphatic carbocycles. The number of allylic oxidation sites excluding steroid dienone is 1. The van der Waals surface area contributed by atoms with Crippen LogP contribution in [-0.2, 0) is 6.54 Å². The lowest BCUT2D eigenvalue weighted by atomic mass is 10.1. The number of nitriles is 1. The Labute approximate surface area is 80.3 Å². The van der Waals surface area contributed by atoms with Crippen LogP contribution in [0.2, 0.25) is 0 Å². The van der Waals surface area contributed by atoms with E-state index < -0.39 is 0 Å². The average molecular weight is 188 g/mol. The van der Waals surface area contributed by atoms with Gasteiger partial charge in [0.05, 0.1) is 6.54 Å². The maximum Gasteiger partial charge on any atom is 0.269 e. The van der Waals surface area contributed by atoms with Crippen molar-refractivity contribution in [2.75, 3.05) is 0 Å². The first-order valence-electron chi connectivity index (χ1n) is 4.17. The van der Waals surface area contributed by atoms with Gasteiger partial charge in [0.25, 0.3) is 5.56 Å². The van der Waals surface area contributed by atoms with Crippen LogP contribution in [0.25, 0.3) is 6.08 Å². The molecule has 70 valence electrons. The highest BCUT2D eigenvalue weighted by Crippen LogP contribution is 2.16. The summed E-state index contributed by atoms with van der Waals surface area (Å²) in [7, 11) is 0. The van der Waals surface area contributed by atoms with E-state index in [0.29, 0.717) is 11.3 Å². The van der Waals surface area contributed by atoms with Crippen molar-refractivity contribution in [3.05, 3.63) is 39.0 Å². The first-order valence-corrected chi connectivity index (χ1v) is 4.17. The van der Waals surface area contributed by atoms with E-state index in [2.05, 4.69) is 0 Å². The highest BCUT2D eigenvalue weighted by molar-refractivity contribution is 5.54. The molecule has 0 amide bonds. The summed E-state index contributed by atoms with van der Waals surface area (Å²) in [4.78, 5) is 11.7. The smallest absolute Gasteiger partial charge is 0.269 e. The van der Waals surface area contributed by atoms with Crippen molar-refractivity contribution in [1.29, 1.82) is 5.26 Å². The monoisotopic (exact) mass is 188 g/mol. The number of aliphatic hydroxyl groups excluding tert-OH is 1. The van der Waals surface area contributed by atoms with Gasteiger partial charge in [0.2, 0.25) is 0 Å². The van der Waals surface area contributed by atoms with E-state index in [1.54, 1.807) is 13.0 Å². The quantitative estimate of drug-likeness (QED) is 0.658. The van der Waals surface area contributed by atoms with Gasteiger partial charge in [-0.05, 0) is 18.6 Å². The molecule has 0 saturated carbocycles. The Kier molecular flexibility index (Phi) is 1.68. The Morgan fingerprint density at radius 2 is 2.36 bits per heavy atom. The highest BCUT2D eigenvalue weighted by Gasteiger charge is 2.16. The van der Waals surface area contributed by atoms with Crippen LogP contribution >= 0.6 is 0 Å². The molecule has 1 aliphatic rings. The van der Waals surface area contributed by atoms with Crippen LogP contribution in [0.15, 0.2) is 16.6 Å². The minimum absolute atomic E-state index is 0.150. The normalized spacial score (nSPS) is 13.3. The van der Waals surface area contributed by atoms with Crippen LogP contribution in [-0.4, -0.2) is 9.67 Å². The van der Waals surface area contributed by atoms with Crippen LogP contribution in [0.3, 0.4) is 0 Å².